The Bertz CT molecular complexity index is 308. The van der Waals surface area contributed by atoms with Gasteiger partial charge in [-0.2, -0.15) is 0 Å². The molecular weight excluding hydrogens is 189 g/mol. The number of halogens is 2. The standard InChI is InChI=1S/C10H11ClFN/c11-10-8(2-1-3-9(10)12)7-4-5-13-6-7/h1-3,7,13H,4-6H2/t7-/m1/s1. The van der Waals surface area contributed by atoms with Crippen LogP contribution in [-0.2, 0) is 0 Å². The molecule has 1 N–H and O–H groups in total. The van der Waals surface area contributed by atoms with Gasteiger partial charge in [0.15, 0.2) is 0 Å². The lowest BCUT2D eigenvalue weighted by atomic mass is 9.98. The Balaban J connectivity index is 2.33. The molecule has 1 heterocycles. The molecule has 1 saturated heterocycles. The van der Waals surface area contributed by atoms with Crippen molar-refractivity contribution >= 4 is 11.6 Å². The summed E-state index contributed by atoms with van der Waals surface area (Å²) >= 11 is 5.87. The third kappa shape index (κ3) is 1.69. The van der Waals surface area contributed by atoms with Gasteiger partial charge < -0.3 is 5.32 Å². The highest BCUT2D eigenvalue weighted by Crippen LogP contribution is 2.30. The predicted molar refractivity (Wildman–Crippen MR) is 51.6 cm³/mol. The first kappa shape index (κ1) is 8.97. The second kappa shape index (κ2) is 3.64. The van der Waals surface area contributed by atoms with Crippen LogP contribution >= 0.6 is 11.6 Å². The quantitative estimate of drug-likeness (QED) is 0.733. The van der Waals surface area contributed by atoms with Gasteiger partial charge in [-0.1, -0.05) is 23.7 Å². The molecule has 1 aromatic carbocycles. The van der Waals surface area contributed by atoms with Crippen molar-refractivity contribution in [3.05, 3.63) is 34.6 Å². The third-order valence-electron chi connectivity index (χ3n) is 2.48. The van der Waals surface area contributed by atoms with Crippen molar-refractivity contribution in [1.82, 2.24) is 5.32 Å². The van der Waals surface area contributed by atoms with Crippen molar-refractivity contribution in [2.75, 3.05) is 13.1 Å². The predicted octanol–water partition coefficient (Wildman–Crippen LogP) is 2.56. The maximum Gasteiger partial charge on any atom is 0.142 e. The molecule has 1 atom stereocenters. The molecule has 1 aromatic rings. The molecule has 0 aliphatic carbocycles. The summed E-state index contributed by atoms with van der Waals surface area (Å²) in [4.78, 5) is 0. The highest BCUT2D eigenvalue weighted by Gasteiger charge is 2.20. The second-order valence-electron chi connectivity index (χ2n) is 3.33. The van der Waals surface area contributed by atoms with Crippen molar-refractivity contribution in [3.8, 4) is 0 Å². The fraction of sp³-hybridized carbons (Fsp3) is 0.400. The first-order valence-electron chi connectivity index (χ1n) is 4.43. The van der Waals surface area contributed by atoms with Crippen LogP contribution in [0.1, 0.15) is 17.9 Å². The lowest BCUT2D eigenvalue weighted by Crippen LogP contribution is -2.08. The van der Waals surface area contributed by atoms with Crippen LogP contribution in [0.3, 0.4) is 0 Å². The molecule has 1 fully saturated rings. The van der Waals surface area contributed by atoms with Gasteiger partial charge in [0.2, 0.25) is 0 Å². The molecule has 3 heteroatoms. The normalized spacial score (nSPS) is 22.2. The van der Waals surface area contributed by atoms with Crippen LogP contribution in [0.15, 0.2) is 18.2 Å². The third-order valence-corrected chi connectivity index (χ3v) is 2.88. The molecule has 70 valence electrons. The average Bonchev–Trinajstić information content (AvgIpc) is 2.62. The summed E-state index contributed by atoms with van der Waals surface area (Å²) in [5.74, 6) is 0.0641. The zero-order chi connectivity index (χ0) is 9.26. The summed E-state index contributed by atoms with van der Waals surface area (Å²) in [5, 5.41) is 3.52. The summed E-state index contributed by atoms with van der Waals surface area (Å²) in [6, 6.07) is 5.02. The van der Waals surface area contributed by atoms with Gasteiger partial charge in [0.05, 0.1) is 5.02 Å². The van der Waals surface area contributed by atoms with Crippen LogP contribution < -0.4 is 5.32 Å². The number of hydrogen-bond donors (Lipinski definition) is 1. The molecule has 1 aliphatic rings. The molecule has 0 bridgehead atoms. The van der Waals surface area contributed by atoms with Crippen LogP contribution in [0, 0.1) is 5.82 Å². The van der Waals surface area contributed by atoms with E-state index < -0.39 is 0 Å². The van der Waals surface area contributed by atoms with E-state index in [1.165, 1.54) is 6.07 Å². The molecule has 0 saturated carbocycles. The van der Waals surface area contributed by atoms with E-state index in [9.17, 15) is 4.39 Å². The number of nitrogens with one attached hydrogen (secondary N) is 1. The van der Waals surface area contributed by atoms with Gasteiger partial charge in [-0.05, 0) is 30.5 Å². The largest absolute Gasteiger partial charge is 0.316 e. The van der Waals surface area contributed by atoms with Gasteiger partial charge >= 0.3 is 0 Å². The van der Waals surface area contributed by atoms with Crippen LogP contribution in [0.4, 0.5) is 4.39 Å². The molecular formula is C10H11ClFN. The monoisotopic (exact) mass is 199 g/mol. The van der Waals surface area contributed by atoms with Crippen LogP contribution in [0.2, 0.25) is 5.02 Å². The Hall–Kier alpha value is -0.600. The first-order valence-corrected chi connectivity index (χ1v) is 4.81. The summed E-state index contributed by atoms with van der Waals surface area (Å²) in [6.45, 7) is 1.90. The molecule has 0 amide bonds. The lowest BCUT2D eigenvalue weighted by Gasteiger charge is -2.10. The highest BCUT2D eigenvalue weighted by atomic mass is 35.5. The van der Waals surface area contributed by atoms with Gasteiger partial charge in [-0.25, -0.2) is 4.39 Å². The van der Waals surface area contributed by atoms with Crippen LogP contribution in [0.5, 0.6) is 0 Å². The van der Waals surface area contributed by atoms with Crippen molar-refractivity contribution in [1.29, 1.82) is 0 Å². The average molecular weight is 200 g/mol. The molecule has 13 heavy (non-hydrogen) atoms. The first-order chi connectivity index (χ1) is 6.29. The summed E-state index contributed by atoms with van der Waals surface area (Å²) in [5.41, 5.74) is 0.937. The maximum atomic E-state index is 13.1. The molecule has 2 rings (SSSR count). The second-order valence-corrected chi connectivity index (χ2v) is 3.71. The summed E-state index contributed by atoms with van der Waals surface area (Å²) in [6.07, 6.45) is 1.04. The minimum absolute atomic E-state index is 0.288. The van der Waals surface area contributed by atoms with E-state index in [1.54, 1.807) is 6.07 Å². The van der Waals surface area contributed by atoms with E-state index in [-0.39, 0.29) is 10.8 Å². The fourth-order valence-electron chi connectivity index (χ4n) is 1.76. The Morgan fingerprint density at radius 3 is 3.00 bits per heavy atom. The zero-order valence-electron chi connectivity index (χ0n) is 7.19. The Morgan fingerprint density at radius 1 is 1.46 bits per heavy atom. The SMILES string of the molecule is Fc1cccc([C@@H]2CCNC2)c1Cl. The van der Waals surface area contributed by atoms with Crippen molar-refractivity contribution in [3.63, 3.8) is 0 Å². The lowest BCUT2D eigenvalue weighted by molar-refractivity contribution is 0.621. The van der Waals surface area contributed by atoms with Crippen molar-refractivity contribution < 1.29 is 4.39 Å². The van der Waals surface area contributed by atoms with Crippen LogP contribution in [-0.4, -0.2) is 13.1 Å². The Kier molecular flexibility index (Phi) is 2.51. The molecule has 1 nitrogen and oxygen atoms in total. The molecule has 0 aromatic heterocycles. The zero-order valence-corrected chi connectivity index (χ0v) is 7.94. The maximum absolute atomic E-state index is 13.1. The topological polar surface area (TPSA) is 12.0 Å². The molecule has 0 radical (unpaired) electrons. The molecule has 0 unspecified atom stereocenters. The van der Waals surface area contributed by atoms with Gasteiger partial charge in [0.25, 0.3) is 0 Å². The summed E-state index contributed by atoms with van der Waals surface area (Å²) < 4.78 is 13.1. The number of hydrogen-bond acceptors (Lipinski definition) is 1. The molecule has 0 spiro atoms. The Morgan fingerprint density at radius 2 is 2.31 bits per heavy atom. The van der Waals surface area contributed by atoms with Crippen molar-refractivity contribution in [2.24, 2.45) is 0 Å². The van der Waals surface area contributed by atoms with E-state index in [4.69, 9.17) is 11.6 Å². The van der Waals surface area contributed by atoms with E-state index in [2.05, 4.69) is 5.32 Å². The van der Waals surface area contributed by atoms with E-state index in [0.29, 0.717) is 5.92 Å². The minimum Gasteiger partial charge on any atom is -0.316 e. The van der Waals surface area contributed by atoms with Gasteiger partial charge in [0, 0.05) is 6.54 Å². The Labute approximate surface area is 81.9 Å². The van der Waals surface area contributed by atoms with E-state index in [0.717, 1.165) is 25.1 Å². The van der Waals surface area contributed by atoms with Gasteiger partial charge in [-0.3, -0.25) is 0 Å². The van der Waals surface area contributed by atoms with Gasteiger partial charge in [-0.15, -0.1) is 0 Å². The number of benzene rings is 1. The van der Waals surface area contributed by atoms with E-state index in [1.807, 2.05) is 6.07 Å². The smallest absolute Gasteiger partial charge is 0.142 e. The van der Waals surface area contributed by atoms with Crippen LogP contribution in [0.25, 0.3) is 0 Å². The van der Waals surface area contributed by atoms with Crippen molar-refractivity contribution in [2.45, 2.75) is 12.3 Å². The van der Waals surface area contributed by atoms with E-state index >= 15 is 0 Å². The summed E-state index contributed by atoms with van der Waals surface area (Å²) in [7, 11) is 0. The minimum atomic E-state index is -0.314. The highest BCUT2D eigenvalue weighted by molar-refractivity contribution is 6.31. The fourth-order valence-corrected chi connectivity index (χ4v) is 2.04. The molecule has 1 aliphatic heterocycles. The van der Waals surface area contributed by atoms with Gasteiger partial charge in [0.1, 0.15) is 5.82 Å². The number of rotatable bonds is 1.